The number of ether oxygens (including phenoxy) is 1. The van der Waals surface area contributed by atoms with Crippen LogP contribution in [0, 0.1) is 5.82 Å². The van der Waals surface area contributed by atoms with E-state index in [1.807, 2.05) is 4.57 Å². The number of benzene rings is 1. The minimum atomic E-state index is -0.282. The number of hydrogen-bond donors (Lipinski definition) is 1. The van der Waals surface area contributed by atoms with Crippen LogP contribution in [-0.2, 0) is 11.3 Å². The van der Waals surface area contributed by atoms with Gasteiger partial charge in [-0.05, 0) is 25.2 Å². The van der Waals surface area contributed by atoms with E-state index in [0.717, 1.165) is 13.1 Å². The summed E-state index contributed by atoms with van der Waals surface area (Å²) in [5, 5.41) is 0. The standard InChI is InChI=1S/C13H17FN4O/c1-17-4-5-19-10(7-17)8-18-12-6-9(14)2-3-11(12)16-13(18)15/h2-3,6,10H,4-5,7-8H2,1H3,(H2,15,16). The minimum absolute atomic E-state index is 0.0571. The lowest BCUT2D eigenvalue weighted by molar-refractivity contribution is -0.0267. The second kappa shape index (κ2) is 4.79. The summed E-state index contributed by atoms with van der Waals surface area (Å²) in [6.45, 7) is 3.08. The number of likely N-dealkylation sites (N-methyl/N-ethyl adjacent to an activating group) is 1. The van der Waals surface area contributed by atoms with E-state index in [0.29, 0.717) is 30.1 Å². The Balaban J connectivity index is 1.91. The van der Waals surface area contributed by atoms with Crippen molar-refractivity contribution in [1.29, 1.82) is 0 Å². The first-order chi connectivity index (χ1) is 9.13. The molecule has 0 spiro atoms. The zero-order valence-corrected chi connectivity index (χ0v) is 10.8. The van der Waals surface area contributed by atoms with Gasteiger partial charge in [0.05, 0.1) is 30.3 Å². The number of halogens is 1. The molecule has 0 saturated carbocycles. The van der Waals surface area contributed by atoms with Gasteiger partial charge >= 0.3 is 0 Å². The minimum Gasteiger partial charge on any atom is -0.374 e. The highest BCUT2D eigenvalue weighted by molar-refractivity contribution is 5.78. The summed E-state index contributed by atoms with van der Waals surface area (Å²) in [6.07, 6.45) is 0.0571. The van der Waals surface area contributed by atoms with E-state index in [-0.39, 0.29) is 11.9 Å². The average molecular weight is 264 g/mol. The van der Waals surface area contributed by atoms with Crippen LogP contribution in [0.25, 0.3) is 11.0 Å². The Bertz CT molecular complexity index is 598. The van der Waals surface area contributed by atoms with E-state index in [9.17, 15) is 4.39 Å². The molecule has 6 heteroatoms. The van der Waals surface area contributed by atoms with Crippen molar-refractivity contribution in [3.63, 3.8) is 0 Å². The fourth-order valence-electron chi connectivity index (χ4n) is 2.49. The quantitative estimate of drug-likeness (QED) is 0.882. The van der Waals surface area contributed by atoms with Gasteiger partial charge in [-0.15, -0.1) is 0 Å². The molecule has 2 heterocycles. The van der Waals surface area contributed by atoms with Crippen molar-refractivity contribution in [1.82, 2.24) is 14.5 Å². The molecule has 1 unspecified atom stereocenters. The molecule has 1 aromatic carbocycles. The molecule has 2 N–H and O–H groups in total. The van der Waals surface area contributed by atoms with Crippen molar-refractivity contribution in [3.05, 3.63) is 24.0 Å². The Morgan fingerprint density at radius 1 is 1.53 bits per heavy atom. The predicted molar refractivity (Wildman–Crippen MR) is 71.3 cm³/mol. The number of nitrogen functional groups attached to an aromatic ring is 1. The maximum Gasteiger partial charge on any atom is 0.201 e. The largest absolute Gasteiger partial charge is 0.374 e. The summed E-state index contributed by atoms with van der Waals surface area (Å²) >= 11 is 0. The maximum absolute atomic E-state index is 13.3. The van der Waals surface area contributed by atoms with E-state index in [1.54, 1.807) is 6.07 Å². The Hall–Kier alpha value is -1.66. The van der Waals surface area contributed by atoms with Crippen molar-refractivity contribution < 1.29 is 9.13 Å². The molecule has 0 amide bonds. The lowest BCUT2D eigenvalue weighted by atomic mass is 10.2. The lowest BCUT2D eigenvalue weighted by Gasteiger charge is -2.30. The third-order valence-electron chi connectivity index (χ3n) is 3.47. The van der Waals surface area contributed by atoms with Crippen LogP contribution >= 0.6 is 0 Å². The number of nitrogens with two attached hydrogens (primary N) is 1. The van der Waals surface area contributed by atoms with E-state index in [2.05, 4.69) is 16.9 Å². The van der Waals surface area contributed by atoms with Crippen molar-refractivity contribution in [3.8, 4) is 0 Å². The monoisotopic (exact) mass is 264 g/mol. The van der Waals surface area contributed by atoms with Gasteiger partial charge in [0.15, 0.2) is 0 Å². The van der Waals surface area contributed by atoms with Gasteiger partial charge in [0, 0.05) is 13.1 Å². The third-order valence-corrected chi connectivity index (χ3v) is 3.47. The van der Waals surface area contributed by atoms with Gasteiger partial charge in [0.25, 0.3) is 0 Å². The molecule has 0 radical (unpaired) electrons. The molecule has 0 aliphatic carbocycles. The number of aromatic nitrogens is 2. The van der Waals surface area contributed by atoms with Gasteiger partial charge in [-0.2, -0.15) is 0 Å². The number of rotatable bonds is 2. The van der Waals surface area contributed by atoms with Gasteiger partial charge in [-0.25, -0.2) is 9.37 Å². The van der Waals surface area contributed by atoms with Crippen LogP contribution in [0.1, 0.15) is 0 Å². The van der Waals surface area contributed by atoms with Crippen LogP contribution in [0.4, 0.5) is 10.3 Å². The first kappa shape index (κ1) is 12.4. The van der Waals surface area contributed by atoms with Gasteiger partial charge < -0.3 is 19.9 Å². The highest BCUT2D eigenvalue weighted by atomic mass is 19.1. The molecule has 1 aliphatic heterocycles. The molecule has 1 aromatic heterocycles. The maximum atomic E-state index is 13.3. The Morgan fingerprint density at radius 3 is 3.16 bits per heavy atom. The summed E-state index contributed by atoms with van der Waals surface area (Å²) in [6, 6.07) is 4.50. The topological polar surface area (TPSA) is 56.3 Å². The molecular weight excluding hydrogens is 247 g/mol. The number of nitrogens with zero attached hydrogens (tertiary/aromatic N) is 3. The normalized spacial score (nSPS) is 21.1. The van der Waals surface area contributed by atoms with E-state index >= 15 is 0 Å². The Morgan fingerprint density at radius 2 is 2.37 bits per heavy atom. The van der Waals surface area contributed by atoms with Gasteiger partial charge in [0.2, 0.25) is 5.95 Å². The first-order valence-electron chi connectivity index (χ1n) is 6.35. The van der Waals surface area contributed by atoms with Crippen LogP contribution in [-0.4, -0.2) is 47.3 Å². The fourth-order valence-corrected chi connectivity index (χ4v) is 2.49. The summed E-state index contributed by atoms with van der Waals surface area (Å²) in [7, 11) is 2.06. The summed E-state index contributed by atoms with van der Waals surface area (Å²) in [5.41, 5.74) is 7.34. The Kier molecular flexibility index (Phi) is 3.12. The van der Waals surface area contributed by atoms with Crippen LogP contribution in [0.15, 0.2) is 18.2 Å². The van der Waals surface area contributed by atoms with Gasteiger partial charge in [-0.3, -0.25) is 0 Å². The van der Waals surface area contributed by atoms with Crippen LogP contribution in [0.2, 0.25) is 0 Å². The summed E-state index contributed by atoms with van der Waals surface area (Å²) in [5.74, 6) is 0.118. The van der Waals surface area contributed by atoms with Gasteiger partial charge in [0.1, 0.15) is 5.82 Å². The molecule has 1 atom stereocenters. The van der Waals surface area contributed by atoms with E-state index < -0.39 is 0 Å². The highest BCUT2D eigenvalue weighted by Gasteiger charge is 2.20. The van der Waals surface area contributed by atoms with Crippen molar-refractivity contribution in [2.45, 2.75) is 12.6 Å². The van der Waals surface area contributed by atoms with E-state index in [1.165, 1.54) is 12.1 Å². The molecule has 3 rings (SSSR count). The van der Waals surface area contributed by atoms with Crippen LogP contribution < -0.4 is 5.73 Å². The number of anilines is 1. The second-order valence-electron chi connectivity index (χ2n) is 4.97. The van der Waals surface area contributed by atoms with Crippen LogP contribution in [0.3, 0.4) is 0 Å². The third kappa shape index (κ3) is 2.41. The molecule has 5 nitrogen and oxygen atoms in total. The van der Waals surface area contributed by atoms with Crippen LogP contribution in [0.5, 0.6) is 0 Å². The van der Waals surface area contributed by atoms with Gasteiger partial charge in [-0.1, -0.05) is 0 Å². The predicted octanol–water partition coefficient (Wildman–Crippen LogP) is 1.09. The fraction of sp³-hybridized carbons (Fsp3) is 0.462. The summed E-state index contributed by atoms with van der Waals surface area (Å²) < 4.78 is 20.9. The van der Waals surface area contributed by atoms with Crippen molar-refractivity contribution in [2.24, 2.45) is 0 Å². The first-order valence-corrected chi connectivity index (χ1v) is 6.35. The van der Waals surface area contributed by atoms with Crippen molar-refractivity contribution in [2.75, 3.05) is 32.5 Å². The summed E-state index contributed by atoms with van der Waals surface area (Å²) in [4.78, 5) is 6.46. The molecule has 2 aromatic rings. The molecule has 102 valence electrons. The molecule has 0 bridgehead atoms. The number of morpholine rings is 1. The second-order valence-corrected chi connectivity index (χ2v) is 4.97. The molecular formula is C13H17FN4O. The highest BCUT2D eigenvalue weighted by Crippen LogP contribution is 2.20. The average Bonchev–Trinajstić information content (AvgIpc) is 2.66. The zero-order chi connectivity index (χ0) is 13.4. The molecule has 1 fully saturated rings. The molecule has 1 aliphatic rings. The lowest BCUT2D eigenvalue weighted by Crippen LogP contribution is -2.42. The zero-order valence-electron chi connectivity index (χ0n) is 10.8. The number of hydrogen-bond acceptors (Lipinski definition) is 4. The van der Waals surface area contributed by atoms with Crippen molar-refractivity contribution >= 4 is 17.0 Å². The number of fused-ring (bicyclic) bond motifs is 1. The molecule has 1 saturated heterocycles. The smallest absolute Gasteiger partial charge is 0.201 e. The van der Waals surface area contributed by atoms with E-state index in [4.69, 9.17) is 10.5 Å². The number of imidazole rings is 1. The molecule has 19 heavy (non-hydrogen) atoms. The SMILES string of the molecule is CN1CCOC(Cn2c(N)nc3ccc(F)cc32)C1. The Labute approximate surface area is 110 Å².